The first kappa shape index (κ1) is 36.4. The first-order chi connectivity index (χ1) is 20.9. The molecule has 6 N–H and O–H groups in total. The zero-order valence-electron chi connectivity index (χ0n) is 26.4. The van der Waals surface area contributed by atoms with Crippen molar-refractivity contribution in [1.82, 2.24) is 10.9 Å². The Morgan fingerprint density at radius 3 is 1.34 bits per heavy atom. The molecule has 0 fully saturated rings. The number of amides is 2. The molecule has 2 heterocycles. The summed E-state index contributed by atoms with van der Waals surface area (Å²) in [5.74, 6) is -1.29. The number of carbonyl (C=O) groups excluding carboxylic acids is 4. The lowest BCUT2D eigenvalue weighted by molar-refractivity contribution is -0.122. The van der Waals surface area contributed by atoms with Gasteiger partial charge in [-0.25, -0.2) is 20.4 Å². The highest BCUT2D eigenvalue weighted by atomic mass is 32.1. The molecule has 12 nitrogen and oxygen atoms in total. The van der Waals surface area contributed by atoms with Gasteiger partial charge in [-0.1, -0.05) is 25.7 Å². The molecule has 0 unspecified atom stereocenters. The fraction of sp³-hybridized carbons (Fsp3) is 0.533. The van der Waals surface area contributed by atoms with E-state index < -0.39 is 11.9 Å². The van der Waals surface area contributed by atoms with E-state index in [4.69, 9.17) is 20.9 Å². The zero-order valence-corrected chi connectivity index (χ0v) is 28.0. The first-order valence-corrected chi connectivity index (χ1v) is 16.3. The number of rotatable bonds is 17. The summed E-state index contributed by atoms with van der Waals surface area (Å²) in [6.07, 6.45) is 5.88. The third-order valence-corrected chi connectivity index (χ3v) is 9.18. The number of nitrogen functional groups attached to an aromatic ring is 2. The van der Waals surface area contributed by atoms with Crippen LogP contribution in [0.4, 0.5) is 10.0 Å². The van der Waals surface area contributed by atoms with Crippen LogP contribution in [-0.2, 0) is 19.1 Å². The summed E-state index contributed by atoms with van der Waals surface area (Å²) in [4.78, 5) is 50.2. The van der Waals surface area contributed by atoms with Gasteiger partial charge in [-0.2, -0.15) is 10.2 Å². The third-order valence-electron chi connectivity index (χ3n) is 6.72. The van der Waals surface area contributed by atoms with Crippen molar-refractivity contribution < 1.29 is 28.7 Å². The topological polar surface area (TPSA) is 188 Å². The number of unbranched alkanes of at least 4 members (excludes halogenated alkanes) is 5. The lowest BCUT2D eigenvalue weighted by Crippen LogP contribution is -2.19. The van der Waals surface area contributed by atoms with Crippen molar-refractivity contribution in [3.63, 3.8) is 0 Å². The average Bonchev–Trinajstić information content (AvgIpc) is 3.45. The second kappa shape index (κ2) is 18.1. The highest BCUT2D eigenvalue weighted by Gasteiger charge is 2.23. The lowest BCUT2D eigenvalue weighted by Gasteiger charge is -2.05. The van der Waals surface area contributed by atoms with E-state index in [1.165, 1.54) is 22.7 Å². The predicted molar refractivity (Wildman–Crippen MR) is 176 cm³/mol. The Labute approximate surface area is 266 Å². The number of hydrogen-bond acceptors (Lipinski definition) is 12. The Morgan fingerprint density at radius 1 is 0.659 bits per heavy atom. The highest BCUT2D eigenvalue weighted by molar-refractivity contribution is 7.18. The molecule has 0 bridgehead atoms. The van der Waals surface area contributed by atoms with Crippen molar-refractivity contribution in [2.24, 2.45) is 10.2 Å². The molecule has 0 aromatic carbocycles. The van der Waals surface area contributed by atoms with Gasteiger partial charge in [0.25, 0.3) is 0 Å². The van der Waals surface area contributed by atoms with Gasteiger partial charge in [0.15, 0.2) is 0 Å². The summed E-state index contributed by atoms with van der Waals surface area (Å²) >= 11 is 2.48. The molecule has 0 saturated heterocycles. The van der Waals surface area contributed by atoms with Crippen molar-refractivity contribution in [2.45, 2.75) is 92.9 Å². The molecule has 0 saturated carbocycles. The fourth-order valence-electron chi connectivity index (χ4n) is 4.46. The molecule has 2 amide bonds. The number of thiophene rings is 2. The van der Waals surface area contributed by atoms with Crippen LogP contribution in [0.5, 0.6) is 0 Å². The number of anilines is 2. The Hall–Kier alpha value is -3.78. The number of ether oxygens (including phenoxy) is 2. The monoisotopic (exact) mass is 648 g/mol. The smallest absolute Gasteiger partial charge is 0.341 e. The maximum Gasteiger partial charge on any atom is 0.341 e. The number of hydrogen-bond donors (Lipinski definition) is 4. The lowest BCUT2D eigenvalue weighted by atomic mass is 10.1. The van der Waals surface area contributed by atoms with E-state index in [9.17, 15) is 19.2 Å². The van der Waals surface area contributed by atoms with Crippen molar-refractivity contribution in [2.75, 3.05) is 24.7 Å². The van der Waals surface area contributed by atoms with E-state index in [0.717, 1.165) is 48.3 Å². The standard InChI is InChI=1S/C30H44N6O6S2/c1-7-41-29(39)23-17(3)25(43-27(23)31)19(5)33-35-21(37)15-13-11-9-10-12-14-16-22(38)36-34-20(6)26-18(4)24(28(32)44-26)30(40)42-8-2/h7-16,31-32H2,1-6H3,(H,35,37)(H,36,38). The normalized spacial score (nSPS) is 11.8. The van der Waals surface area contributed by atoms with Crippen LogP contribution >= 0.6 is 22.7 Å². The summed E-state index contributed by atoms with van der Waals surface area (Å²) in [5.41, 5.74) is 20.4. The molecule has 0 spiro atoms. The number of nitrogens with one attached hydrogen (secondary N) is 2. The third kappa shape index (κ3) is 10.4. The number of nitrogens with zero attached hydrogens (tertiary/aromatic N) is 2. The van der Waals surface area contributed by atoms with Crippen LogP contribution in [0, 0.1) is 13.8 Å². The maximum absolute atomic E-state index is 12.2. The number of hydrazone groups is 2. The number of carbonyl (C=O) groups is 4. The van der Waals surface area contributed by atoms with Gasteiger partial charge in [0.1, 0.15) is 10.0 Å². The van der Waals surface area contributed by atoms with Crippen molar-refractivity contribution in [3.8, 4) is 0 Å². The Balaban J connectivity index is 1.65. The molecule has 2 aromatic heterocycles. The molecular weight excluding hydrogens is 605 g/mol. The minimum absolute atomic E-state index is 0.179. The number of esters is 2. The van der Waals surface area contributed by atoms with Gasteiger partial charge in [-0.05, 0) is 65.5 Å². The Morgan fingerprint density at radius 2 is 1.00 bits per heavy atom. The molecule has 2 rings (SSSR count). The molecule has 0 radical (unpaired) electrons. The van der Waals surface area contributed by atoms with E-state index in [0.29, 0.717) is 56.5 Å². The molecule has 2 aromatic rings. The van der Waals surface area contributed by atoms with E-state index in [1.54, 1.807) is 41.5 Å². The second-order valence-corrected chi connectivity index (χ2v) is 12.2. The fourth-order valence-corrected chi connectivity index (χ4v) is 6.47. The molecular formula is C30H44N6O6S2. The van der Waals surface area contributed by atoms with Crippen molar-refractivity contribution in [1.29, 1.82) is 0 Å². The van der Waals surface area contributed by atoms with E-state index in [-0.39, 0.29) is 25.0 Å². The maximum atomic E-state index is 12.2. The minimum atomic E-state index is -0.464. The van der Waals surface area contributed by atoms with Gasteiger partial charge in [-0.15, -0.1) is 22.7 Å². The van der Waals surface area contributed by atoms with Crippen molar-refractivity contribution >= 4 is 67.9 Å². The van der Waals surface area contributed by atoms with Gasteiger partial charge in [-0.3, -0.25) is 9.59 Å². The van der Waals surface area contributed by atoms with Crippen LogP contribution in [0.1, 0.15) is 121 Å². The molecule has 14 heteroatoms. The molecule has 0 atom stereocenters. The van der Waals surface area contributed by atoms with Crippen molar-refractivity contribution in [3.05, 3.63) is 32.0 Å². The van der Waals surface area contributed by atoms with E-state index in [2.05, 4.69) is 21.1 Å². The predicted octanol–water partition coefficient (Wildman–Crippen LogP) is 5.45. The summed E-state index contributed by atoms with van der Waals surface area (Å²) in [7, 11) is 0. The van der Waals surface area contributed by atoms with Crippen LogP contribution in [0.25, 0.3) is 0 Å². The first-order valence-electron chi connectivity index (χ1n) is 14.7. The molecule has 44 heavy (non-hydrogen) atoms. The van der Waals surface area contributed by atoms with E-state index in [1.807, 2.05) is 0 Å². The molecule has 242 valence electrons. The largest absolute Gasteiger partial charge is 0.462 e. The van der Waals surface area contributed by atoms with Crippen LogP contribution in [0.15, 0.2) is 10.2 Å². The SMILES string of the molecule is CCOC(=O)c1c(N)sc(C(C)=NNC(=O)CCCCCCCCC(=O)NN=C(C)c2sc(N)c(C(=O)OCC)c2C)c1C. The minimum Gasteiger partial charge on any atom is -0.462 e. The van der Waals surface area contributed by atoms with Crippen LogP contribution in [0.2, 0.25) is 0 Å². The molecule has 0 aliphatic rings. The average molecular weight is 649 g/mol. The van der Waals surface area contributed by atoms with Gasteiger partial charge in [0, 0.05) is 12.8 Å². The van der Waals surface area contributed by atoms with Crippen LogP contribution in [0.3, 0.4) is 0 Å². The van der Waals surface area contributed by atoms with Crippen LogP contribution < -0.4 is 22.3 Å². The Kier molecular flexibility index (Phi) is 15.0. The number of nitrogens with two attached hydrogens (primary N) is 2. The Bertz CT molecular complexity index is 1290. The molecule has 0 aliphatic carbocycles. The van der Waals surface area contributed by atoms with Gasteiger partial charge in [0.05, 0.1) is 45.5 Å². The zero-order chi connectivity index (χ0) is 32.8. The summed E-state index contributed by atoms with van der Waals surface area (Å²) in [6.45, 7) is 11.1. The summed E-state index contributed by atoms with van der Waals surface area (Å²) in [5, 5.41) is 9.10. The van der Waals surface area contributed by atoms with Gasteiger partial charge >= 0.3 is 11.9 Å². The van der Waals surface area contributed by atoms with Gasteiger partial charge in [0.2, 0.25) is 11.8 Å². The summed E-state index contributed by atoms with van der Waals surface area (Å²) < 4.78 is 10.1. The molecule has 0 aliphatic heterocycles. The van der Waals surface area contributed by atoms with Gasteiger partial charge < -0.3 is 20.9 Å². The second-order valence-electron chi connectivity index (χ2n) is 10.1. The van der Waals surface area contributed by atoms with E-state index >= 15 is 0 Å². The highest BCUT2D eigenvalue weighted by Crippen LogP contribution is 2.32. The van der Waals surface area contributed by atoms with Crippen LogP contribution in [-0.4, -0.2) is 48.4 Å². The summed E-state index contributed by atoms with van der Waals surface area (Å²) in [6, 6.07) is 0. The quantitative estimate of drug-likeness (QED) is 0.0754.